The molecule has 0 atom stereocenters. The lowest BCUT2D eigenvalue weighted by molar-refractivity contribution is 0.0521. The molecule has 0 saturated heterocycles. The molecule has 2 aromatic carbocycles. The van der Waals surface area contributed by atoms with Crippen LogP contribution in [0.15, 0.2) is 48.5 Å². The molecule has 0 N–H and O–H groups in total. The van der Waals surface area contributed by atoms with E-state index in [2.05, 4.69) is 12.1 Å². The van der Waals surface area contributed by atoms with E-state index in [4.69, 9.17) is 9.47 Å². The van der Waals surface area contributed by atoms with Crippen molar-refractivity contribution in [3.63, 3.8) is 0 Å². The van der Waals surface area contributed by atoms with Crippen LogP contribution in [0.5, 0.6) is 5.75 Å². The second-order valence-electron chi connectivity index (χ2n) is 5.05. The topological polar surface area (TPSA) is 35.5 Å². The van der Waals surface area contributed by atoms with Crippen LogP contribution in [0.1, 0.15) is 34.8 Å². The molecule has 2 rings (SSSR count). The van der Waals surface area contributed by atoms with E-state index in [1.165, 1.54) is 5.56 Å². The number of carbonyl (C=O) groups excluding carboxylic acids is 1. The molecule has 0 amide bonds. The number of aryl methyl sites for hydroxylation is 2. The van der Waals surface area contributed by atoms with E-state index in [0.717, 1.165) is 24.8 Å². The molecule has 2 aromatic rings. The first kappa shape index (κ1) is 16.1. The van der Waals surface area contributed by atoms with Crippen molar-refractivity contribution in [1.29, 1.82) is 0 Å². The molecular formula is C19H22O3. The average molecular weight is 298 g/mol. The molecule has 3 heteroatoms. The Balaban J connectivity index is 2.11. The number of esters is 1. The summed E-state index contributed by atoms with van der Waals surface area (Å²) in [7, 11) is 1.58. The maximum atomic E-state index is 12.2. The maximum absolute atomic E-state index is 12.2. The minimum Gasteiger partial charge on any atom is -0.496 e. The Hall–Kier alpha value is -2.29. The summed E-state index contributed by atoms with van der Waals surface area (Å²) in [6.07, 6.45) is 2.78. The molecule has 0 spiro atoms. The molecule has 22 heavy (non-hydrogen) atoms. The standard InChI is InChI=1S/C19H22O3/c1-3-22-19(20)18-16(13-8-14-17(18)21-2)12-7-11-15-9-5-4-6-10-15/h4-6,8-10,13-14H,3,7,11-12H2,1-2H3. The summed E-state index contributed by atoms with van der Waals surface area (Å²) in [6, 6.07) is 16.0. The van der Waals surface area contributed by atoms with E-state index in [1.54, 1.807) is 13.2 Å². The van der Waals surface area contributed by atoms with Gasteiger partial charge in [0.25, 0.3) is 0 Å². The van der Waals surface area contributed by atoms with Crippen LogP contribution < -0.4 is 4.74 Å². The van der Waals surface area contributed by atoms with Gasteiger partial charge < -0.3 is 9.47 Å². The van der Waals surface area contributed by atoms with Crippen molar-refractivity contribution in [2.75, 3.05) is 13.7 Å². The lowest BCUT2D eigenvalue weighted by Gasteiger charge is -2.13. The quantitative estimate of drug-likeness (QED) is 0.723. The van der Waals surface area contributed by atoms with Crippen molar-refractivity contribution in [1.82, 2.24) is 0 Å². The van der Waals surface area contributed by atoms with Crippen LogP contribution in [0.4, 0.5) is 0 Å². The van der Waals surface area contributed by atoms with E-state index in [1.807, 2.05) is 37.3 Å². The summed E-state index contributed by atoms with van der Waals surface area (Å²) in [4.78, 5) is 12.2. The van der Waals surface area contributed by atoms with Gasteiger partial charge in [0.15, 0.2) is 0 Å². The first-order valence-electron chi connectivity index (χ1n) is 7.63. The first-order valence-corrected chi connectivity index (χ1v) is 7.63. The SMILES string of the molecule is CCOC(=O)c1c(CCCc2ccccc2)cccc1OC. The molecule has 0 aliphatic carbocycles. The van der Waals surface area contributed by atoms with Crippen LogP contribution in [-0.2, 0) is 17.6 Å². The number of rotatable bonds is 7. The van der Waals surface area contributed by atoms with E-state index in [-0.39, 0.29) is 5.97 Å². The van der Waals surface area contributed by atoms with Gasteiger partial charge in [-0.25, -0.2) is 4.79 Å². The minimum absolute atomic E-state index is 0.310. The predicted molar refractivity (Wildman–Crippen MR) is 87.4 cm³/mol. The van der Waals surface area contributed by atoms with Gasteiger partial charge in [0, 0.05) is 0 Å². The van der Waals surface area contributed by atoms with Gasteiger partial charge in [-0.1, -0.05) is 42.5 Å². The Morgan fingerprint density at radius 1 is 1.00 bits per heavy atom. The predicted octanol–water partition coefficient (Wildman–Crippen LogP) is 4.05. The van der Waals surface area contributed by atoms with Gasteiger partial charge in [-0.05, 0) is 43.4 Å². The van der Waals surface area contributed by atoms with Gasteiger partial charge in [0.2, 0.25) is 0 Å². The smallest absolute Gasteiger partial charge is 0.342 e. The number of hydrogen-bond acceptors (Lipinski definition) is 3. The van der Waals surface area contributed by atoms with Crippen LogP contribution in [0, 0.1) is 0 Å². The number of hydrogen-bond donors (Lipinski definition) is 0. The van der Waals surface area contributed by atoms with Crippen LogP contribution in [0.25, 0.3) is 0 Å². The van der Waals surface area contributed by atoms with Gasteiger partial charge in [-0.3, -0.25) is 0 Å². The molecule has 0 bridgehead atoms. The van der Waals surface area contributed by atoms with Crippen molar-refractivity contribution in [2.24, 2.45) is 0 Å². The number of benzene rings is 2. The highest BCUT2D eigenvalue weighted by atomic mass is 16.5. The lowest BCUT2D eigenvalue weighted by atomic mass is 9.99. The van der Waals surface area contributed by atoms with Crippen LogP contribution in [-0.4, -0.2) is 19.7 Å². The van der Waals surface area contributed by atoms with Gasteiger partial charge >= 0.3 is 5.97 Å². The average Bonchev–Trinajstić information content (AvgIpc) is 2.55. The Bertz CT molecular complexity index is 605. The van der Waals surface area contributed by atoms with Gasteiger partial charge in [0.1, 0.15) is 11.3 Å². The third kappa shape index (κ3) is 4.10. The molecule has 0 saturated carbocycles. The van der Waals surface area contributed by atoms with Crippen molar-refractivity contribution in [3.05, 3.63) is 65.2 Å². The molecular weight excluding hydrogens is 276 g/mol. The normalized spacial score (nSPS) is 10.3. The van der Waals surface area contributed by atoms with E-state index in [9.17, 15) is 4.79 Å². The molecule has 0 aliphatic heterocycles. The highest BCUT2D eigenvalue weighted by Gasteiger charge is 2.17. The van der Waals surface area contributed by atoms with Gasteiger partial charge in [0.05, 0.1) is 13.7 Å². The Kier molecular flexibility index (Phi) is 6.01. The summed E-state index contributed by atoms with van der Waals surface area (Å²) in [6.45, 7) is 2.17. The summed E-state index contributed by atoms with van der Waals surface area (Å²) >= 11 is 0. The highest BCUT2D eigenvalue weighted by Crippen LogP contribution is 2.24. The molecule has 0 unspecified atom stereocenters. The van der Waals surface area contributed by atoms with Crippen molar-refractivity contribution in [3.8, 4) is 5.75 Å². The number of ether oxygens (including phenoxy) is 2. The van der Waals surface area contributed by atoms with E-state index < -0.39 is 0 Å². The molecule has 0 heterocycles. The zero-order valence-corrected chi connectivity index (χ0v) is 13.2. The van der Waals surface area contributed by atoms with Crippen molar-refractivity contribution >= 4 is 5.97 Å². The van der Waals surface area contributed by atoms with E-state index in [0.29, 0.717) is 17.9 Å². The first-order chi connectivity index (χ1) is 10.8. The minimum atomic E-state index is -0.310. The maximum Gasteiger partial charge on any atom is 0.342 e. The highest BCUT2D eigenvalue weighted by molar-refractivity contribution is 5.94. The zero-order chi connectivity index (χ0) is 15.8. The molecule has 3 nitrogen and oxygen atoms in total. The molecule has 0 radical (unpaired) electrons. The Morgan fingerprint density at radius 2 is 1.77 bits per heavy atom. The van der Waals surface area contributed by atoms with Gasteiger partial charge in [-0.15, -0.1) is 0 Å². The zero-order valence-electron chi connectivity index (χ0n) is 13.2. The molecule has 116 valence electrons. The second kappa shape index (κ2) is 8.23. The number of carbonyl (C=O) groups is 1. The summed E-state index contributed by atoms with van der Waals surface area (Å²) in [5.41, 5.74) is 2.84. The van der Waals surface area contributed by atoms with Crippen LogP contribution >= 0.6 is 0 Å². The fourth-order valence-corrected chi connectivity index (χ4v) is 2.52. The molecule has 0 aromatic heterocycles. The van der Waals surface area contributed by atoms with E-state index >= 15 is 0 Å². The summed E-state index contributed by atoms with van der Waals surface area (Å²) in [5, 5.41) is 0. The lowest BCUT2D eigenvalue weighted by Crippen LogP contribution is -2.10. The molecule has 0 fully saturated rings. The monoisotopic (exact) mass is 298 g/mol. The van der Waals surface area contributed by atoms with Crippen molar-refractivity contribution in [2.45, 2.75) is 26.2 Å². The Labute approximate surface area is 131 Å². The van der Waals surface area contributed by atoms with Gasteiger partial charge in [-0.2, -0.15) is 0 Å². The molecule has 0 aliphatic rings. The summed E-state index contributed by atoms with van der Waals surface area (Å²) < 4.78 is 10.5. The summed E-state index contributed by atoms with van der Waals surface area (Å²) in [5.74, 6) is 0.269. The number of methoxy groups -OCH3 is 1. The van der Waals surface area contributed by atoms with Crippen LogP contribution in [0.2, 0.25) is 0 Å². The third-order valence-electron chi connectivity index (χ3n) is 3.57. The Morgan fingerprint density at radius 3 is 2.45 bits per heavy atom. The second-order valence-corrected chi connectivity index (χ2v) is 5.05. The third-order valence-corrected chi connectivity index (χ3v) is 3.57. The fraction of sp³-hybridized carbons (Fsp3) is 0.316. The fourth-order valence-electron chi connectivity index (χ4n) is 2.52. The largest absolute Gasteiger partial charge is 0.496 e. The van der Waals surface area contributed by atoms with Crippen LogP contribution in [0.3, 0.4) is 0 Å². The van der Waals surface area contributed by atoms with Crippen molar-refractivity contribution < 1.29 is 14.3 Å².